The molecular weight excluding hydrogens is 441 g/mol. The van der Waals surface area contributed by atoms with Crippen molar-refractivity contribution in [3.8, 4) is 0 Å². The summed E-state index contributed by atoms with van der Waals surface area (Å²) in [5.41, 5.74) is 0. The summed E-state index contributed by atoms with van der Waals surface area (Å²) in [7, 11) is -2.70. The molecule has 0 aliphatic heterocycles. The Morgan fingerprint density at radius 3 is 1.55 bits per heavy atom. The van der Waals surface area contributed by atoms with Gasteiger partial charge >= 0.3 is 0 Å². The fourth-order valence-electron chi connectivity index (χ4n) is 4.37. The molecule has 1 nitrogen and oxygen atoms in total. The van der Waals surface area contributed by atoms with Crippen molar-refractivity contribution in [2.45, 2.75) is 129 Å². The van der Waals surface area contributed by atoms with E-state index in [1.807, 2.05) is 0 Å². The van der Waals surface area contributed by atoms with Crippen LogP contribution in [-0.4, -0.2) is 35.0 Å². The summed E-state index contributed by atoms with van der Waals surface area (Å²) in [6.07, 6.45) is 14.2. The molecule has 0 unspecified atom stereocenters. The second kappa shape index (κ2) is 15.8. The third-order valence-electron chi connectivity index (χ3n) is 6.75. The molecule has 0 aliphatic carbocycles. The standard InChI is InChI=1S/C26H52OSi4/c1-8-9-10-11-12-13-14-15-16-23-30(4,5)25-18-20-26(21-19-25)31(6,7)24-17-22-28-27-29(2)3/h18-21,29H,8-17,22-24H2,1-7H3. The largest absolute Gasteiger partial charge is 0.459 e. The fourth-order valence-corrected chi connectivity index (χ4v) is 11.8. The average molecular weight is 493 g/mol. The normalized spacial score (nSPS) is 12.6. The summed E-state index contributed by atoms with van der Waals surface area (Å²) in [5, 5.41) is 3.31. The van der Waals surface area contributed by atoms with E-state index in [1.54, 1.807) is 10.4 Å². The minimum absolute atomic E-state index is 0.734. The monoisotopic (exact) mass is 492 g/mol. The van der Waals surface area contributed by atoms with Gasteiger partial charge in [-0.2, -0.15) is 0 Å². The predicted octanol–water partition coefficient (Wildman–Crippen LogP) is 7.48. The van der Waals surface area contributed by atoms with Gasteiger partial charge in [-0.3, -0.25) is 0 Å². The molecule has 1 aromatic carbocycles. The van der Waals surface area contributed by atoms with Crippen molar-refractivity contribution in [3.05, 3.63) is 24.3 Å². The molecule has 0 bridgehead atoms. The first-order chi connectivity index (χ1) is 14.7. The highest BCUT2D eigenvalue weighted by atomic mass is 28.3. The van der Waals surface area contributed by atoms with Gasteiger partial charge in [0.25, 0.3) is 0 Å². The van der Waals surface area contributed by atoms with Crippen LogP contribution in [0, 0.1) is 0 Å². The summed E-state index contributed by atoms with van der Waals surface area (Å²) in [6.45, 7) is 17.1. The van der Waals surface area contributed by atoms with E-state index < -0.39 is 25.2 Å². The summed E-state index contributed by atoms with van der Waals surface area (Å²) < 4.78 is 5.88. The quantitative estimate of drug-likeness (QED) is 0.152. The third kappa shape index (κ3) is 12.8. The first-order valence-corrected chi connectivity index (χ1v) is 23.5. The average Bonchev–Trinajstić information content (AvgIpc) is 2.72. The van der Waals surface area contributed by atoms with Gasteiger partial charge in [0.2, 0.25) is 9.76 Å². The topological polar surface area (TPSA) is 9.23 Å². The van der Waals surface area contributed by atoms with Crippen LogP contribution >= 0.6 is 0 Å². The fraction of sp³-hybridized carbons (Fsp3) is 0.769. The van der Waals surface area contributed by atoms with E-state index in [1.165, 1.54) is 82.3 Å². The van der Waals surface area contributed by atoms with Gasteiger partial charge in [0, 0.05) is 0 Å². The van der Waals surface area contributed by atoms with Crippen molar-refractivity contribution in [2.24, 2.45) is 0 Å². The van der Waals surface area contributed by atoms with Gasteiger partial charge in [-0.25, -0.2) is 0 Å². The minimum Gasteiger partial charge on any atom is -0.459 e. The first kappa shape index (κ1) is 29.1. The lowest BCUT2D eigenvalue weighted by atomic mass is 10.1. The molecule has 1 rings (SSSR count). The number of benzene rings is 1. The zero-order valence-electron chi connectivity index (χ0n) is 22.0. The Labute approximate surface area is 201 Å². The van der Waals surface area contributed by atoms with E-state index in [-0.39, 0.29) is 0 Å². The second-order valence-corrected chi connectivity index (χ2v) is 24.6. The molecule has 0 amide bonds. The number of unbranched alkanes of at least 4 members (excludes halogenated alkanes) is 8. The van der Waals surface area contributed by atoms with Crippen LogP contribution in [0.4, 0.5) is 0 Å². The zero-order valence-corrected chi connectivity index (χ0v) is 26.1. The lowest BCUT2D eigenvalue weighted by molar-refractivity contribution is 0.571. The van der Waals surface area contributed by atoms with Crippen LogP contribution in [0.1, 0.15) is 71.1 Å². The summed E-state index contributed by atoms with van der Waals surface area (Å²) in [6, 6.07) is 14.1. The van der Waals surface area contributed by atoms with Crippen LogP contribution in [0.15, 0.2) is 24.3 Å². The molecule has 31 heavy (non-hydrogen) atoms. The van der Waals surface area contributed by atoms with Crippen LogP contribution < -0.4 is 10.4 Å². The van der Waals surface area contributed by atoms with E-state index in [0.717, 1.165) is 9.76 Å². The van der Waals surface area contributed by atoms with Crippen molar-refractivity contribution in [1.82, 2.24) is 0 Å². The number of hydrogen-bond acceptors (Lipinski definition) is 1. The van der Waals surface area contributed by atoms with Gasteiger partial charge in [-0.05, 0) is 19.1 Å². The van der Waals surface area contributed by atoms with E-state index in [9.17, 15) is 0 Å². The van der Waals surface area contributed by atoms with Crippen molar-refractivity contribution in [2.75, 3.05) is 0 Å². The van der Waals surface area contributed by atoms with Crippen molar-refractivity contribution >= 4 is 45.3 Å². The van der Waals surface area contributed by atoms with E-state index >= 15 is 0 Å². The number of hydrogen-bond donors (Lipinski definition) is 0. The van der Waals surface area contributed by atoms with E-state index in [2.05, 4.69) is 70.5 Å². The Morgan fingerprint density at radius 2 is 1.10 bits per heavy atom. The van der Waals surface area contributed by atoms with Gasteiger partial charge in [-0.1, -0.05) is 144 Å². The zero-order chi connectivity index (χ0) is 23.2. The maximum absolute atomic E-state index is 5.88. The summed E-state index contributed by atoms with van der Waals surface area (Å²) in [4.78, 5) is 0. The molecule has 0 atom stereocenters. The highest BCUT2D eigenvalue weighted by Gasteiger charge is 2.26. The van der Waals surface area contributed by atoms with Gasteiger partial charge in [-0.15, -0.1) is 0 Å². The van der Waals surface area contributed by atoms with Crippen molar-refractivity contribution < 1.29 is 4.12 Å². The molecule has 0 saturated carbocycles. The molecule has 0 heterocycles. The molecule has 0 N–H and O–H groups in total. The van der Waals surface area contributed by atoms with E-state index in [0.29, 0.717) is 0 Å². The van der Waals surface area contributed by atoms with Gasteiger partial charge < -0.3 is 4.12 Å². The van der Waals surface area contributed by atoms with Crippen molar-refractivity contribution in [3.63, 3.8) is 0 Å². The van der Waals surface area contributed by atoms with Crippen LogP contribution in [0.5, 0.6) is 0 Å². The second-order valence-electron chi connectivity index (χ2n) is 11.1. The highest BCUT2D eigenvalue weighted by Crippen LogP contribution is 2.18. The molecule has 0 fully saturated rings. The van der Waals surface area contributed by atoms with Crippen LogP contribution in [0.3, 0.4) is 0 Å². The molecule has 0 spiro atoms. The first-order valence-electron chi connectivity index (χ1n) is 13.2. The molecular formula is C26H52OSi4. The molecule has 2 radical (unpaired) electrons. The van der Waals surface area contributed by atoms with Gasteiger partial charge in [0.1, 0.15) is 0 Å². The summed E-state index contributed by atoms with van der Waals surface area (Å²) >= 11 is 0. The number of rotatable bonds is 18. The molecule has 5 heteroatoms. The van der Waals surface area contributed by atoms with Crippen LogP contribution in [0.25, 0.3) is 0 Å². The SMILES string of the molecule is CCCCCCCCCCC[Si](C)(C)c1ccc([Si](C)(C)CCC[Si]O[SiH](C)C)cc1. The highest BCUT2D eigenvalue weighted by molar-refractivity contribution is 6.91. The molecule has 1 aromatic rings. The Morgan fingerprint density at radius 1 is 0.677 bits per heavy atom. The van der Waals surface area contributed by atoms with E-state index in [4.69, 9.17) is 4.12 Å². The van der Waals surface area contributed by atoms with Crippen LogP contribution in [-0.2, 0) is 4.12 Å². The molecule has 0 aliphatic rings. The van der Waals surface area contributed by atoms with Crippen LogP contribution in [0.2, 0.25) is 57.4 Å². The molecule has 0 aromatic heterocycles. The minimum atomic E-state index is -1.32. The Balaban J connectivity index is 2.37. The lowest BCUT2D eigenvalue weighted by Gasteiger charge is -2.26. The lowest BCUT2D eigenvalue weighted by Crippen LogP contribution is -2.45. The Hall–Kier alpha value is 0.0475. The smallest absolute Gasteiger partial charge is 0.214 e. The Kier molecular flexibility index (Phi) is 14.8. The van der Waals surface area contributed by atoms with Gasteiger partial charge in [0.05, 0.1) is 16.1 Å². The maximum atomic E-state index is 5.88. The molecule has 0 saturated heterocycles. The summed E-state index contributed by atoms with van der Waals surface area (Å²) in [5.74, 6) is 0. The molecule has 178 valence electrons. The third-order valence-corrected chi connectivity index (χ3v) is 16.9. The Bertz CT molecular complexity index is 569. The van der Waals surface area contributed by atoms with Gasteiger partial charge in [0.15, 0.2) is 9.04 Å². The predicted molar refractivity (Wildman–Crippen MR) is 153 cm³/mol. The van der Waals surface area contributed by atoms with Crippen molar-refractivity contribution in [1.29, 1.82) is 0 Å². The maximum Gasteiger partial charge on any atom is 0.214 e.